The molecule has 2 aliphatic carbocycles. The molecule has 2 aliphatic heterocycles. The summed E-state index contributed by atoms with van der Waals surface area (Å²) in [5, 5.41) is 1.53. The van der Waals surface area contributed by atoms with Crippen molar-refractivity contribution in [1.29, 1.82) is 0 Å². The molecule has 3 aromatic carbocycles. The number of thiazole rings is 1. The molecule has 3 heterocycles. The van der Waals surface area contributed by atoms with Crippen molar-refractivity contribution in [1.82, 2.24) is 4.98 Å². The number of carbonyl (C=O) groups is 2. The van der Waals surface area contributed by atoms with Crippen LogP contribution < -0.4 is 14.5 Å². The average Bonchev–Trinajstić information content (AvgIpc) is 3.73. The zero-order chi connectivity index (χ0) is 29.6. The predicted octanol–water partition coefficient (Wildman–Crippen LogP) is 7.25. The van der Waals surface area contributed by atoms with Gasteiger partial charge in [0.05, 0.1) is 22.5 Å². The molecule has 0 radical (unpaired) electrons. The maximum absolute atomic E-state index is 14.0. The lowest BCUT2D eigenvalue weighted by atomic mass is 9.68. The minimum atomic E-state index is -0.449. The SMILES string of the molecule is O=C1C2C(C(=O)N1c1ccc(F)cc1)[C@@H]1C[C@H]2C2Sc3[nH]c(=O)sc3C(c3cc(Br)ccc3OCc3ccc(Cl)cc3)C21. The standard InChI is InChI=1S/C32H23BrClFN2O4S2/c33-15-3-10-22(41-13-14-1-4-16(34)5-2-14)19(11-15)23-24-20-12-21(27(24)42-29-28(23)43-32(40)36-29)26-25(20)30(38)37(31(26)39)18-8-6-17(35)7-9-18/h1-11,20-21,23-27H,12-13H2,(H,36,40)/t20-,21-,23?,24?,25?,26?,27?/m1/s1. The number of halogens is 3. The lowest BCUT2D eigenvalue weighted by molar-refractivity contribution is -0.123. The summed E-state index contributed by atoms with van der Waals surface area (Å²) in [6.07, 6.45) is 0.775. The van der Waals surface area contributed by atoms with Crippen LogP contribution in [0.1, 0.15) is 28.3 Å². The van der Waals surface area contributed by atoms with Crippen LogP contribution in [0.15, 0.2) is 81.0 Å². The maximum atomic E-state index is 14.0. The van der Waals surface area contributed by atoms with E-state index in [2.05, 4.69) is 27.0 Å². The zero-order valence-electron chi connectivity index (χ0n) is 22.3. The molecule has 0 spiro atoms. The second-order valence-corrected chi connectivity index (χ2v) is 15.1. The molecule has 1 N–H and O–H groups in total. The Kier molecular flexibility index (Phi) is 6.63. The lowest BCUT2D eigenvalue weighted by Gasteiger charge is -2.43. The van der Waals surface area contributed by atoms with Gasteiger partial charge in [-0.1, -0.05) is 51.0 Å². The molecule has 43 heavy (non-hydrogen) atoms. The molecule has 218 valence electrons. The van der Waals surface area contributed by atoms with Crippen molar-refractivity contribution < 1.29 is 18.7 Å². The Morgan fingerprint density at radius 1 is 0.977 bits per heavy atom. The van der Waals surface area contributed by atoms with Gasteiger partial charge in [-0.2, -0.15) is 0 Å². The van der Waals surface area contributed by atoms with E-state index in [1.807, 2.05) is 36.4 Å². The maximum Gasteiger partial charge on any atom is 0.305 e. The van der Waals surface area contributed by atoms with Crippen LogP contribution in [0.25, 0.3) is 0 Å². The van der Waals surface area contributed by atoms with Gasteiger partial charge < -0.3 is 9.72 Å². The number of thioether (sulfide) groups is 1. The summed E-state index contributed by atoms with van der Waals surface area (Å²) in [5.74, 6) is -1.24. The highest BCUT2D eigenvalue weighted by Crippen LogP contribution is 2.69. The molecule has 6 nitrogen and oxygen atoms in total. The van der Waals surface area contributed by atoms with Crippen molar-refractivity contribution in [3.63, 3.8) is 0 Å². The highest BCUT2D eigenvalue weighted by molar-refractivity contribution is 9.10. The van der Waals surface area contributed by atoms with Gasteiger partial charge in [-0.25, -0.2) is 4.39 Å². The van der Waals surface area contributed by atoms with E-state index in [0.29, 0.717) is 23.1 Å². The Labute approximate surface area is 267 Å². The fourth-order valence-corrected chi connectivity index (χ4v) is 11.2. The molecule has 8 rings (SSSR count). The number of aromatic amines is 1. The lowest BCUT2D eigenvalue weighted by Crippen LogP contribution is -2.42. The summed E-state index contributed by atoms with van der Waals surface area (Å²) in [6, 6.07) is 19.0. The number of benzene rings is 3. The number of aromatic nitrogens is 1. The summed E-state index contributed by atoms with van der Waals surface area (Å²) in [5.41, 5.74) is 2.33. The smallest absolute Gasteiger partial charge is 0.305 e. The first kappa shape index (κ1) is 27.6. The highest BCUT2D eigenvalue weighted by Gasteiger charge is 2.69. The third-order valence-corrected chi connectivity index (χ3v) is 12.8. The third kappa shape index (κ3) is 4.35. The molecule has 1 saturated heterocycles. The number of hydrogen-bond acceptors (Lipinski definition) is 6. The van der Waals surface area contributed by atoms with Gasteiger partial charge in [0.2, 0.25) is 11.8 Å². The second-order valence-electron chi connectivity index (χ2n) is 11.5. The van der Waals surface area contributed by atoms with Crippen molar-refractivity contribution in [2.45, 2.75) is 29.2 Å². The van der Waals surface area contributed by atoms with E-state index in [0.717, 1.165) is 31.9 Å². The van der Waals surface area contributed by atoms with Crippen molar-refractivity contribution >= 4 is 68.1 Å². The molecular formula is C32H23BrClFN2O4S2. The number of anilines is 1. The average molecular weight is 698 g/mol. The van der Waals surface area contributed by atoms with Crippen LogP contribution in [0, 0.1) is 35.4 Å². The van der Waals surface area contributed by atoms with Crippen LogP contribution >= 0.6 is 50.6 Å². The molecule has 4 aromatic rings. The first-order chi connectivity index (χ1) is 20.8. The Balaban J connectivity index is 1.20. The number of H-pyrrole nitrogens is 1. The van der Waals surface area contributed by atoms with Crippen LogP contribution in [-0.4, -0.2) is 22.0 Å². The molecule has 7 atom stereocenters. The van der Waals surface area contributed by atoms with E-state index in [1.54, 1.807) is 11.8 Å². The summed E-state index contributed by atoms with van der Waals surface area (Å²) in [4.78, 5) is 45.6. The van der Waals surface area contributed by atoms with Gasteiger partial charge in [0.25, 0.3) is 0 Å². The normalized spacial score (nSPS) is 28.6. The number of nitrogens with zero attached hydrogens (tertiary/aromatic N) is 1. The minimum Gasteiger partial charge on any atom is -0.489 e. The van der Waals surface area contributed by atoms with Gasteiger partial charge in [-0.05, 0) is 84.3 Å². The van der Waals surface area contributed by atoms with Crippen molar-refractivity contribution in [3.05, 3.63) is 108 Å². The van der Waals surface area contributed by atoms with Crippen LogP contribution in [0.3, 0.4) is 0 Å². The molecule has 5 unspecified atom stereocenters. The molecule has 1 aromatic heterocycles. The van der Waals surface area contributed by atoms with Crippen molar-refractivity contribution in [3.8, 4) is 5.75 Å². The summed E-state index contributed by atoms with van der Waals surface area (Å²) < 4.78 is 21.0. The molecule has 2 bridgehead atoms. The van der Waals surface area contributed by atoms with Crippen molar-refractivity contribution in [2.75, 3.05) is 4.90 Å². The first-order valence-corrected chi connectivity index (χ1v) is 16.8. The molecule has 4 aliphatic rings. The molecule has 3 fully saturated rings. The molecule has 2 amide bonds. The molecular weight excluding hydrogens is 675 g/mol. The first-order valence-electron chi connectivity index (χ1n) is 14.0. The van der Waals surface area contributed by atoms with Gasteiger partial charge in [0, 0.05) is 31.1 Å². The summed E-state index contributed by atoms with van der Waals surface area (Å²) >= 11 is 12.6. The third-order valence-electron chi connectivity index (χ3n) is 9.42. The van der Waals surface area contributed by atoms with Gasteiger partial charge in [0.15, 0.2) is 0 Å². The Morgan fingerprint density at radius 3 is 2.44 bits per heavy atom. The number of ether oxygens (including phenoxy) is 1. The Bertz CT molecular complexity index is 1850. The van der Waals surface area contributed by atoms with E-state index >= 15 is 0 Å². The van der Waals surface area contributed by atoms with Crippen LogP contribution in [0.4, 0.5) is 10.1 Å². The van der Waals surface area contributed by atoms with Crippen LogP contribution in [0.5, 0.6) is 5.75 Å². The van der Waals surface area contributed by atoms with Crippen LogP contribution in [-0.2, 0) is 16.2 Å². The fourth-order valence-electron chi connectivity index (χ4n) is 7.85. The summed E-state index contributed by atoms with van der Waals surface area (Å²) in [7, 11) is 0. The number of imide groups is 1. The quantitative estimate of drug-likeness (QED) is 0.223. The topological polar surface area (TPSA) is 79.5 Å². The monoisotopic (exact) mass is 696 g/mol. The molecule has 2 saturated carbocycles. The van der Waals surface area contributed by atoms with Gasteiger partial charge >= 0.3 is 4.87 Å². The van der Waals surface area contributed by atoms with E-state index in [-0.39, 0.29) is 45.6 Å². The number of amides is 2. The summed E-state index contributed by atoms with van der Waals surface area (Å²) in [6.45, 7) is 0.341. The number of carbonyl (C=O) groups excluding carboxylic acids is 2. The fraction of sp³-hybridized carbons (Fsp3) is 0.281. The van der Waals surface area contributed by atoms with Crippen molar-refractivity contribution in [2.24, 2.45) is 29.6 Å². The minimum absolute atomic E-state index is 0.0171. The van der Waals surface area contributed by atoms with E-state index < -0.39 is 17.7 Å². The molecule has 11 heteroatoms. The number of hydrogen-bond donors (Lipinski definition) is 1. The zero-order valence-corrected chi connectivity index (χ0v) is 26.3. The second kappa shape index (κ2) is 10.3. The van der Waals surface area contributed by atoms with E-state index in [1.165, 1.54) is 40.5 Å². The predicted molar refractivity (Wildman–Crippen MR) is 167 cm³/mol. The Morgan fingerprint density at radius 2 is 1.70 bits per heavy atom. The van der Waals surface area contributed by atoms with Gasteiger partial charge in [0.1, 0.15) is 18.2 Å². The number of nitrogens with one attached hydrogen (secondary N) is 1. The largest absolute Gasteiger partial charge is 0.489 e. The van der Waals surface area contributed by atoms with Gasteiger partial charge in [-0.3, -0.25) is 19.3 Å². The number of rotatable bonds is 5. The Hall–Kier alpha value is -2.92. The van der Waals surface area contributed by atoms with E-state index in [4.69, 9.17) is 16.3 Å². The van der Waals surface area contributed by atoms with E-state index in [9.17, 15) is 18.8 Å². The van der Waals surface area contributed by atoms with Crippen LogP contribution in [0.2, 0.25) is 5.02 Å². The highest BCUT2D eigenvalue weighted by atomic mass is 79.9. The number of fused-ring (bicyclic) bond motifs is 9. The van der Waals surface area contributed by atoms with Gasteiger partial charge in [-0.15, -0.1) is 11.8 Å².